The Hall–Kier alpha value is -3.49. The fraction of sp³-hybridized carbons (Fsp3) is 0.120. The largest absolute Gasteiger partial charge is 0.481 e. The van der Waals surface area contributed by atoms with E-state index in [4.69, 9.17) is 20.6 Å². The Kier molecular flexibility index (Phi) is 7.16. The van der Waals surface area contributed by atoms with Crippen LogP contribution in [-0.2, 0) is 4.74 Å². The number of hydrogen-bond donors (Lipinski definition) is 3. The molecule has 1 atom stereocenters. The molecule has 1 amide bonds. The van der Waals surface area contributed by atoms with E-state index in [1.165, 1.54) is 11.3 Å². The average molecular weight is 478 g/mol. The maximum atomic E-state index is 12.4. The molecular formula is C25H23N3O3S2. The summed E-state index contributed by atoms with van der Waals surface area (Å²) in [6, 6.07) is 24.7. The molecule has 0 bridgehead atoms. The maximum Gasteiger partial charge on any atom is 0.411 e. The van der Waals surface area contributed by atoms with Gasteiger partial charge in [0.1, 0.15) is 18.2 Å². The number of thioether (sulfide) groups is 1. The maximum absolute atomic E-state index is 12.4. The first kappa shape index (κ1) is 22.7. The fourth-order valence-electron chi connectivity index (χ4n) is 3.27. The topological polar surface area (TPSA) is 97.4 Å². The number of rotatable bonds is 8. The van der Waals surface area contributed by atoms with E-state index in [-0.39, 0.29) is 12.4 Å². The summed E-state index contributed by atoms with van der Waals surface area (Å²) in [7, 11) is 0. The van der Waals surface area contributed by atoms with Gasteiger partial charge in [-0.3, -0.25) is 10.7 Å². The quantitative estimate of drug-likeness (QED) is 0.158. The van der Waals surface area contributed by atoms with E-state index in [0.29, 0.717) is 16.3 Å². The summed E-state index contributed by atoms with van der Waals surface area (Å²) in [6.45, 7) is 0.0266. The Bertz CT molecular complexity index is 1260. The van der Waals surface area contributed by atoms with Crippen molar-refractivity contribution < 1.29 is 14.3 Å². The van der Waals surface area contributed by atoms with Gasteiger partial charge in [0.2, 0.25) is 0 Å². The van der Waals surface area contributed by atoms with Crippen LogP contribution in [0.5, 0.6) is 5.75 Å². The van der Waals surface area contributed by atoms with Crippen molar-refractivity contribution in [3.8, 4) is 5.75 Å². The third-order valence-corrected chi connectivity index (χ3v) is 6.81. The van der Waals surface area contributed by atoms with Crippen LogP contribution in [0, 0.1) is 5.41 Å². The number of nitrogens with one attached hydrogen (secondary N) is 2. The highest BCUT2D eigenvalue weighted by atomic mass is 32.2. The summed E-state index contributed by atoms with van der Waals surface area (Å²) in [6.07, 6.45) is 0.934. The number of amides is 1. The SMILES string of the molecule is CSc1ccc(NC(=O)OCC(Oc2cccc3sc(C(=N)N)cc23)c2ccccc2)cc1. The molecule has 4 N–H and O–H groups in total. The summed E-state index contributed by atoms with van der Waals surface area (Å²) in [4.78, 5) is 14.2. The number of nitrogen functional groups attached to an aromatic ring is 1. The molecule has 4 aromatic rings. The molecule has 4 rings (SSSR count). The smallest absolute Gasteiger partial charge is 0.411 e. The third-order valence-electron chi connectivity index (χ3n) is 4.93. The van der Waals surface area contributed by atoms with E-state index in [2.05, 4.69) is 5.32 Å². The molecular weight excluding hydrogens is 454 g/mol. The predicted molar refractivity (Wildman–Crippen MR) is 136 cm³/mol. The zero-order valence-electron chi connectivity index (χ0n) is 17.9. The van der Waals surface area contributed by atoms with Crippen molar-refractivity contribution in [2.24, 2.45) is 5.73 Å². The number of nitrogens with two attached hydrogens (primary N) is 1. The molecule has 33 heavy (non-hydrogen) atoms. The lowest BCUT2D eigenvalue weighted by atomic mass is 10.1. The van der Waals surface area contributed by atoms with Crippen LogP contribution in [0.2, 0.25) is 0 Å². The van der Waals surface area contributed by atoms with Gasteiger partial charge in [0.25, 0.3) is 0 Å². The van der Waals surface area contributed by atoms with Crippen molar-refractivity contribution in [3.05, 3.63) is 89.3 Å². The zero-order chi connectivity index (χ0) is 23.2. The van der Waals surface area contributed by atoms with Crippen LogP contribution in [0.15, 0.2) is 83.8 Å². The number of fused-ring (bicyclic) bond motifs is 1. The molecule has 0 radical (unpaired) electrons. The second-order valence-electron chi connectivity index (χ2n) is 7.16. The second-order valence-corrected chi connectivity index (χ2v) is 9.12. The Morgan fingerprint density at radius 1 is 1.09 bits per heavy atom. The molecule has 0 aliphatic carbocycles. The molecule has 1 unspecified atom stereocenters. The van der Waals surface area contributed by atoms with Gasteiger partial charge in [-0.05, 0) is 54.3 Å². The molecule has 8 heteroatoms. The van der Waals surface area contributed by atoms with Gasteiger partial charge in [-0.25, -0.2) is 4.79 Å². The number of carbonyl (C=O) groups is 1. The van der Waals surface area contributed by atoms with Crippen LogP contribution in [0.25, 0.3) is 10.1 Å². The first-order chi connectivity index (χ1) is 16.0. The molecule has 6 nitrogen and oxygen atoms in total. The van der Waals surface area contributed by atoms with Gasteiger partial charge in [0.15, 0.2) is 6.10 Å². The van der Waals surface area contributed by atoms with E-state index in [0.717, 1.165) is 20.5 Å². The van der Waals surface area contributed by atoms with Crippen LogP contribution in [-0.4, -0.2) is 24.8 Å². The highest BCUT2D eigenvalue weighted by Crippen LogP contribution is 2.35. The Labute approximate surface area is 200 Å². The molecule has 1 heterocycles. The van der Waals surface area contributed by atoms with Crippen molar-refractivity contribution >= 4 is 50.8 Å². The van der Waals surface area contributed by atoms with Crippen LogP contribution in [0.3, 0.4) is 0 Å². The van der Waals surface area contributed by atoms with Crippen molar-refractivity contribution in [1.29, 1.82) is 5.41 Å². The molecule has 0 saturated carbocycles. The van der Waals surface area contributed by atoms with Gasteiger partial charge in [0.05, 0.1) is 4.88 Å². The molecule has 168 valence electrons. The molecule has 0 fully saturated rings. The normalized spacial score (nSPS) is 11.7. The van der Waals surface area contributed by atoms with Crippen molar-refractivity contribution in [2.75, 3.05) is 18.2 Å². The lowest BCUT2D eigenvalue weighted by Crippen LogP contribution is -2.21. The number of carbonyl (C=O) groups excluding carboxylic acids is 1. The second kappa shape index (κ2) is 10.4. The van der Waals surface area contributed by atoms with Gasteiger partial charge >= 0.3 is 6.09 Å². The number of anilines is 1. The van der Waals surface area contributed by atoms with E-state index < -0.39 is 12.2 Å². The van der Waals surface area contributed by atoms with Crippen LogP contribution >= 0.6 is 23.1 Å². The van der Waals surface area contributed by atoms with E-state index >= 15 is 0 Å². The summed E-state index contributed by atoms with van der Waals surface area (Å²) in [5, 5.41) is 11.3. The molecule has 0 saturated heterocycles. The molecule has 1 aromatic heterocycles. The number of ether oxygens (including phenoxy) is 2. The van der Waals surface area contributed by atoms with Crippen LogP contribution in [0.4, 0.5) is 10.5 Å². The highest BCUT2D eigenvalue weighted by Gasteiger charge is 2.19. The van der Waals surface area contributed by atoms with Gasteiger partial charge in [-0.15, -0.1) is 23.1 Å². The Morgan fingerprint density at radius 2 is 1.85 bits per heavy atom. The third kappa shape index (κ3) is 5.66. The first-order valence-electron chi connectivity index (χ1n) is 10.2. The lowest BCUT2D eigenvalue weighted by molar-refractivity contribution is 0.0910. The minimum absolute atomic E-state index is 0.0207. The molecule has 0 aliphatic rings. The van der Waals surface area contributed by atoms with Gasteiger partial charge in [-0.1, -0.05) is 36.4 Å². The summed E-state index contributed by atoms with van der Waals surface area (Å²) in [5.41, 5.74) is 7.21. The van der Waals surface area contributed by atoms with Crippen molar-refractivity contribution in [2.45, 2.75) is 11.0 Å². The minimum Gasteiger partial charge on any atom is -0.481 e. The molecule has 3 aromatic carbocycles. The number of benzene rings is 3. The van der Waals surface area contributed by atoms with E-state index in [1.807, 2.05) is 85.1 Å². The van der Waals surface area contributed by atoms with Crippen LogP contribution < -0.4 is 15.8 Å². The van der Waals surface area contributed by atoms with Crippen LogP contribution in [0.1, 0.15) is 16.5 Å². The monoisotopic (exact) mass is 477 g/mol. The predicted octanol–water partition coefficient (Wildman–Crippen LogP) is 6.28. The standard InChI is InChI=1S/C25H23N3O3S2/c1-32-18-12-10-17(11-13-18)28-25(29)30-15-21(16-6-3-2-4-7-16)31-20-8-5-9-22-19(20)14-23(33-22)24(26)27/h2-14,21H,15H2,1H3,(H3,26,27)(H,28,29). The minimum atomic E-state index is -0.552. The summed E-state index contributed by atoms with van der Waals surface area (Å²) < 4.78 is 12.8. The van der Waals surface area contributed by atoms with Gasteiger partial charge in [0, 0.05) is 20.7 Å². The fourth-order valence-corrected chi connectivity index (χ4v) is 4.62. The van der Waals surface area contributed by atoms with E-state index in [9.17, 15) is 4.79 Å². The number of thiophene rings is 1. The van der Waals surface area contributed by atoms with Gasteiger partial charge in [-0.2, -0.15) is 0 Å². The van der Waals surface area contributed by atoms with Crippen molar-refractivity contribution in [1.82, 2.24) is 0 Å². The lowest BCUT2D eigenvalue weighted by Gasteiger charge is -2.20. The Morgan fingerprint density at radius 3 is 2.55 bits per heavy atom. The zero-order valence-corrected chi connectivity index (χ0v) is 19.5. The average Bonchev–Trinajstić information content (AvgIpc) is 3.28. The Balaban J connectivity index is 1.51. The molecule has 0 spiro atoms. The van der Waals surface area contributed by atoms with Gasteiger partial charge < -0.3 is 15.2 Å². The molecule has 0 aliphatic heterocycles. The first-order valence-corrected chi connectivity index (χ1v) is 12.2. The number of amidine groups is 1. The summed E-state index contributed by atoms with van der Waals surface area (Å²) in [5.74, 6) is 0.661. The highest BCUT2D eigenvalue weighted by molar-refractivity contribution is 7.98. The summed E-state index contributed by atoms with van der Waals surface area (Å²) >= 11 is 3.07. The van der Waals surface area contributed by atoms with Crippen molar-refractivity contribution in [3.63, 3.8) is 0 Å². The number of hydrogen-bond acceptors (Lipinski definition) is 6. The van der Waals surface area contributed by atoms with E-state index in [1.54, 1.807) is 11.8 Å².